The maximum absolute atomic E-state index is 13.5. The SMILES string of the molecule is CS(=O)(=O)[C@H]1C[C@H]2C=C(c3c[nH]c(-c4ccc(F)cc4)c3-c3ccncc3)CCN2C1. The van der Waals surface area contributed by atoms with E-state index in [1.807, 2.05) is 18.3 Å². The minimum Gasteiger partial charge on any atom is -0.360 e. The summed E-state index contributed by atoms with van der Waals surface area (Å²) in [5.41, 5.74) is 6.26. The Balaban J connectivity index is 1.58. The van der Waals surface area contributed by atoms with Crippen LogP contribution in [0.1, 0.15) is 18.4 Å². The Labute approximate surface area is 181 Å². The van der Waals surface area contributed by atoms with Gasteiger partial charge in [-0.25, -0.2) is 12.8 Å². The number of aromatic nitrogens is 2. The van der Waals surface area contributed by atoms with Gasteiger partial charge in [-0.15, -0.1) is 0 Å². The molecule has 3 aromatic rings. The number of nitrogens with one attached hydrogen (secondary N) is 1. The van der Waals surface area contributed by atoms with Crippen molar-refractivity contribution in [3.05, 3.63) is 72.4 Å². The van der Waals surface area contributed by atoms with Crippen LogP contribution in [0.3, 0.4) is 0 Å². The van der Waals surface area contributed by atoms with Crippen molar-refractivity contribution < 1.29 is 12.8 Å². The van der Waals surface area contributed by atoms with Crippen LogP contribution in [0.25, 0.3) is 28.0 Å². The monoisotopic (exact) mass is 437 g/mol. The van der Waals surface area contributed by atoms with Gasteiger partial charge in [0, 0.05) is 55.1 Å². The smallest absolute Gasteiger partial charge is 0.151 e. The molecule has 0 spiro atoms. The molecule has 2 atom stereocenters. The summed E-state index contributed by atoms with van der Waals surface area (Å²) in [5.74, 6) is -0.266. The highest BCUT2D eigenvalue weighted by molar-refractivity contribution is 7.91. The summed E-state index contributed by atoms with van der Waals surface area (Å²) in [4.78, 5) is 9.83. The zero-order valence-electron chi connectivity index (χ0n) is 17.3. The van der Waals surface area contributed by atoms with Crippen LogP contribution in [-0.2, 0) is 9.84 Å². The first kappa shape index (κ1) is 20.2. The molecule has 5 rings (SSSR count). The van der Waals surface area contributed by atoms with E-state index < -0.39 is 9.84 Å². The van der Waals surface area contributed by atoms with Crippen LogP contribution in [0.15, 0.2) is 61.1 Å². The number of benzene rings is 1. The third-order valence-electron chi connectivity index (χ3n) is 6.41. The van der Waals surface area contributed by atoms with Gasteiger partial charge in [0.15, 0.2) is 9.84 Å². The van der Waals surface area contributed by atoms with Crippen LogP contribution in [0, 0.1) is 5.82 Å². The summed E-state index contributed by atoms with van der Waals surface area (Å²) in [6, 6.07) is 10.6. The van der Waals surface area contributed by atoms with Gasteiger partial charge in [-0.3, -0.25) is 9.88 Å². The quantitative estimate of drug-likeness (QED) is 0.666. The van der Waals surface area contributed by atoms with Gasteiger partial charge in [-0.2, -0.15) is 0 Å². The maximum Gasteiger partial charge on any atom is 0.151 e. The minimum atomic E-state index is -3.04. The zero-order valence-corrected chi connectivity index (χ0v) is 18.1. The first-order valence-electron chi connectivity index (χ1n) is 10.4. The molecular formula is C24H24FN3O2S. The van der Waals surface area contributed by atoms with E-state index in [4.69, 9.17) is 0 Å². The van der Waals surface area contributed by atoms with E-state index in [0.29, 0.717) is 13.0 Å². The average Bonchev–Trinajstić information content (AvgIpc) is 3.39. The van der Waals surface area contributed by atoms with Crippen molar-refractivity contribution in [1.82, 2.24) is 14.9 Å². The van der Waals surface area contributed by atoms with Crippen molar-refractivity contribution in [2.75, 3.05) is 19.3 Å². The number of H-pyrrole nitrogens is 1. The van der Waals surface area contributed by atoms with Gasteiger partial charge in [0.2, 0.25) is 0 Å². The highest BCUT2D eigenvalue weighted by Gasteiger charge is 2.38. The van der Waals surface area contributed by atoms with Gasteiger partial charge in [0.05, 0.1) is 10.9 Å². The van der Waals surface area contributed by atoms with Crippen molar-refractivity contribution in [2.24, 2.45) is 0 Å². The van der Waals surface area contributed by atoms with Crippen molar-refractivity contribution in [3.8, 4) is 22.4 Å². The van der Waals surface area contributed by atoms with Crippen molar-refractivity contribution in [1.29, 1.82) is 0 Å². The number of hydrogen-bond acceptors (Lipinski definition) is 4. The fourth-order valence-electron chi connectivity index (χ4n) is 4.77. The topological polar surface area (TPSA) is 66.1 Å². The maximum atomic E-state index is 13.5. The molecule has 0 aliphatic carbocycles. The van der Waals surface area contributed by atoms with E-state index in [1.165, 1.54) is 24.0 Å². The number of rotatable bonds is 4. The van der Waals surface area contributed by atoms with Crippen LogP contribution >= 0.6 is 0 Å². The molecule has 0 radical (unpaired) electrons. The molecule has 1 saturated heterocycles. The van der Waals surface area contributed by atoms with Crippen LogP contribution in [0.4, 0.5) is 4.39 Å². The second-order valence-electron chi connectivity index (χ2n) is 8.39. The molecule has 0 unspecified atom stereocenters. The van der Waals surface area contributed by atoms with Crippen molar-refractivity contribution >= 4 is 15.4 Å². The van der Waals surface area contributed by atoms with Crippen LogP contribution < -0.4 is 0 Å². The van der Waals surface area contributed by atoms with Gasteiger partial charge in [-0.05, 0) is 65.9 Å². The number of fused-ring (bicyclic) bond motifs is 1. The van der Waals surface area contributed by atoms with Gasteiger partial charge in [-0.1, -0.05) is 6.08 Å². The van der Waals surface area contributed by atoms with Gasteiger partial charge >= 0.3 is 0 Å². The molecule has 0 amide bonds. The molecule has 1 aromatic carbocycles. The first-order valence-corrected chi connectivity index (χ1v) is 12.4. The molecule has 5 nitrogen and oxygen atoms in total. The highest BCUT2D eigenvalue weighted by atomic mass is 32.2. The third kappa shape index (κ3) is 3.83. The van der Waals surface area contributed by atoms with Crippen LogP contribution in [-0.4, -0.2) is 53.9 Å². The number of nitrogens with zero attached hydrogens (tertiary/aromatic N) is 2. The van der Waals surface area contributed by atoms with E-state index in [2.05, 4.69) is 20.9 Å². The third-order valence-corrected chi connectivity index (χ3v) is 7.96. The highest BCUT2D eigenvalue weighted by Crippen LogP contribution is 2.41. The average molecular weight is 438 g/mol. The van der Waals surface area contributed by atoms with E-state index in [1.54, 1.807) is 24.5 Å². The second-order valence-corrected chi connectivity index (χ2v) is 10.7. The van der Waals surface area contributed by atoms with Crippen molar-refractivity contribution in [3.63, 3.8) is 0 Å². The largest absolute Gasteiger partial charge is 0.360 e. The van der Waals surface area contributed by atoms with E-state index in [-0.39, 0.29) is 17.1 Å². The van der Waals surface area contributed by atoms with Gasteiger partial charge in [0.1, 0.15) is 5.82 Å². The first-order chi connectivity index (χ1) is 14.9. The predicted octanol–water partition coefficient (Wildman–Crippen LogP) is 4.16. The van der Waals surface area contributed by atoms with Gasteiger partial charge in [0.25, 0.3) is 0 Å². The van der Waals surface area contributed by atoms with Crippen LogP contribution in [0.5, 0.6) is 0 Å². The molecule has 0 bridgehead atoms. The van der Waals surface area contributed by atoms with Gasteiger partial charge < -0.3 is 4.98 Å². The molecule has 2 aliphatic heterocycles. The molecule has 2 aromatic heterocycles. The Morgan fingerprint density at radius 1 is 1.10 bits per heavy atom. The van der Waals surface area contributed by atoms with E-state index in [9.17, 15) is 12.8 Å². The number of hydrogen-bond donors (Lipinski definition) is 1. The Morgan fingerprint density at radius 2 is 1.84 bits per heavy atom. The summed E-state index contributed by atoms with van der Waals surface area (Å²) in [5, 5.41) is -0.297. The Hall–Kier alpha value is -2.77. The fraction of sp³-hybridized carbons (Fsp3) is 0.292. The summed E-state index contributed by atoms with van der Waals surface area (Å²) in [6.07, 6.45) is 10.6. The number of aromatic amines is 1. The molecule has 7 heteroatoms. The lowest BCUT2D eigenvalue weighted by Gasteiger charge is -2.28. The molecular weight excluding hydrogens is 413 g/mol. The van der Waals surface area contributed by atoms with E-state index >= 15 is 0 Å². The Kier molecular flexibility index (Phi) is 5.02. The standard InChI is InChI=1S/C24H24FN3O2S/c1-31(29,30)21-13-20-12-18(8-11-28(20)15-21)22-14-27-24(17-2-4-19(25)5-3-17)23(22)16-6-9-26-10-7-16/h2-7,9-10,12,14,20-21,27H,8,11,13,15H2,1H3/t20-,21+/m1/s1. The van der Waals surface area contributed by atoms with Crippen molar-refractivity contribution in [2.45, 2.75) is 24.1 Å². The number of pyridine rings is 1. The summed E-state index contributed by atoms with van der Waals surface area (Å²) >= 11 is 0. The normalized spacial score (nSPS) is 21.7. The molecule has 1 fully saturated rings. The lowest BCUT2D eigenvalue weighted by molar-refractivity contribution is 0.288. The Bertz CT molecular complexity index is 1230. The molecule has 160 valence electrons. The zero-order chi connectivity index (χ0) is 21.6. The lowest BCUT2D eigenvalue weighted by atomic mass is 9.90. The predicted molar refractivity (Wildman–Crippen MR) is 121 cm³/mol. The number of sulfone groups is 1. The summed E-state index contributed by atoms with van der Waals surface area (Å²) in [7, 11) is -3.04. The molecule has 1 N–H and O–H groups in total. The Morgan fingerprint density at radius 3 is 2.55 bits per heavy atom. The molecule has 4 heterocycles. The minimum absolute atomic E-state index is 0.137. The lowest BCUT2D eigenvalue weighted by Crippen LogP contribution is -2.33. The summed E-state index contributed by atoms with van der Waals surface area (Å²) < 4.78 is 37.6. The molecule has 2 aliphatic rings. The summed E-state index contributed by atoms with van der Waals surface area (Å²) in [6.45, 7) is 1.45. The fourth-order valence-corrected chi connectivity index (χ4v) is 5.78. The second kappa shape index (κ2) is 7.73. The van der Waals surface area contributed by atoms with E-state index in [0.717, 1.165) is 40.9 Å². The molecule has 31 heavy (non-hydrogen) atoms. The molecule has 0 saturated carbocycles. The number of halogens is 1. The van der Waals surface area contributed by atoms with Crippen LogP contribution in [0.2, 0.25) is 0 Å².